The average molecular weight is 355 g/mol. The molecule has 0 unspecified atom stereocenters. The lowest BCUT2D eigenvalue weighted by Crippen LogP contribution is -2.31. The summed E-state index contributed by atoms with van der Waals surface area (Å²) in [5.41, 5.74) is 0.961. The van der Waals surface area contributed by atoms with Gasteiger partial charge in [0.1, 0.15) is 0 Å². The number of nitrogens with zero attached hydrogens (tertiary/aromatic N) is 2. The van der Waals surface area contributed by atoms with E-state index in [1.165, 1.54) is 24.3 Å². The number of rotatable bonds is 5. The van der Waals surface area contributed by atoms with Crippen LogP contribution in [0.4, 0.5) is 11.4 Å². The van der Waals surface area contributed by atoms with Crippen molar-refractivity contribution in [3.63, 3.8) is 0 Å². The minimum absolute atomic E-state index is 0.0109. The lowest BCUT2D eigenvalue weighted by Gasteiger charge is -2.23. The van der Waals surface area contributed by atoms with E-state index in [9.17, 15) is 18.5 Å². The molecule has 2 rings (SSSR count). The maximum atomic E-state index is 12.8. The van der Waals surface area contributed by atoms with Gasteiger partial charge < -0.3 is 0 Å². The zero-order valence-corrected chi connectivity index (χ0v) is 14.1. The minimum atomic E-state index is -3.80. The van der Waals surface area contributed by atoms with E-state index in [-0.39, 0.29) is 27.8 Å². The van der Waals surface area contributed by atoms with Gasteiger partial charge in [-0.2, -0.15) is 0 Å². The number of benzene rings is 2. The van der Waals surface area contributed by atoms with Gasteiger partial charge >= 0.3 is 0 Å². The van der Waals surface area contributed by atoms with Crippen LogP contribution in [0.5, 0.6) is 0 Å². The molecule has 2 aromatic rings. The van der Waals surface area contributed by atoms with Crippen LogP contribution in [0.25, 0.3) is 0 Å². The molecule has 0 atom stereocenters. The van der Waals surface area contributed by atoms with Gasteiger partial charge in [0.25, 0.3) is 15.7 Å². The molecule has 6 nitrogen and oxygen atoms in total. The van der Waals surface area contributed by atoms with Crippen LogP contribution in [0.3, 0.4) is 0 Å². The fourth-order valence-electron chi connectivity index (χ4n) is 2.12. The van der Waals surface area contributed by atoms with Crippen LogP contribution >= 0.6 is 11.6 Å². The highest BCUT2D eigenvalue weighted by Gasteiger charge is 2.26. The highest BCUT2D eigenvalue weighted by molar-refractivity contribution is 7.92. The Balaban J connectivity index is 2.51. The van der Waals surface area contributed by atoms with Gasteiger partial charge in [-0.05, 0) is 32.0 Å². The molecular formula is C15H15ClN2O4S. The molecule has 0 aliphatic carbocycles. The van der Waals surface area contributed by atoms with Crippen LogP contribution < -0.4 is 4.31 Å². The van der Waals surface area contributed by atoms with Crippen molar-refractivity contribution in [2.75, 3.05) is 10.8 Å². The summed E-state index contributed by atoms with van der Waals surface area (Å²) in [4.78, 5) is 10.3. The number of aryl methyl sites for hydroxylation is 1. The van der Waals surface area contributed by atoms with Crippen LogP contribution in [-0.4, -0.2) is 19.9 Å². The third-order valence-corrected chi connectivity index (χ3v) is 5.51. The number of nitro benzene ring substituents is 1. The molecule has 0 aromatic heterocycles. The van der Waals surface area contributed by atoms with Gasteiger partial charge in [0.05, 0.1) is 20.5 Å². The predicted molar refractivity (Wildman–Crippen MR) is 89.5 cm³/mol. The molecule has 0 aliphatic heterocycles. The lowest BCUT2D eigenvalue weighted by atomic mass is 10.2. The number of sulfonamides is 1. The van der Waals surface area contributed by atoms with E-state index in [0.717, 1.165) is 15.9 Å². The van der Waals surface area contributed by atoms with Crippen molar-refractivity contribution in [1.82, 2.24) is 0 Å². The Morgan fingerprint density at radius 3 is 2.26 bits per heavy atom. The quantitative estimate of drug-likeness (QED) is 0.604. The Morgan fingerprint density at radius 1 is 1.17 bits per heavy atom. The fourth-order valence-corrected chi connectivity index (χ4v) is 3.94. The van der Waals surface area contributed by atoms with Gasteiger partial charge in [-0.25, -0.2) is 8.42 Å². The van der Waals surface area contributed by atoms with E-state index >= 15 is 0 Å². The fraction of sp³-hybridized carbons (Fsp3) is 0.200. The van der Waals surface area contributed by atoms with Crippen molar-refractivity contribution in [3.05, 3.63) is 63.2 Å². The Labute approximate surface area is 139 Å². The summed E-state index contributed by atoms with van der Waals surface area (Å²) in [6.07, 6.45) is 0. The van der Waals surface area contributed by atoms with Gasteiger partial charge in [0.15, 0.2) is 0 Å². The van der Waals surface area contributed by atoms with Crippen LogP contribution in [0, 0.1) is 17.0 Å². The number of anilines is 1. The number of nitro groups is 1. The first-order valence-electron chi connectivity index (χ1n) is 6.80. The van der Waals surface area contributed by atoms with E-state index < -0.39 is 14.9 Å². The monoisotopic (exact) mass is 354 g/mol. The average Bonchev–Trinajstić information content (AvgIpc) is 2.49. The first-order valence-corrected chi connectivity index (χ1v) is 8.62. The van der Waals surface area contributed by atoms with Gasteiger partial charge in [-0.15, -0.1) is 0 Å². The maximum Gasteiger partial charge on any atom is 0.271 e. The van der Waals surface area contributed by atoms with Crippen LogP contribution in [0.15, 0.2) is 47.4 Å². The van der Waals surface area contributed by atoms with Crippen molar-refractivity contribution in [1.29, 1.82) is 0 Å². The predicted octanol–water partition coefficient (Wildman–Crippen LogP) is 3.77. The molecule has 0 saturated heterocycles. The topological polar surface area (TPSA) is 80.5 Å². The second-order valence-corrected chi connectivity index (χ2v) is 7.15. The standard InChI is InChI=1S/C15H15ClN2O4S/c1-3-17(15-9-6-12(18(19)20)10-14(15)16)23(21,22)13-7-4-11(2)5-8-13/h4-10H,3H2,1-2H3. The molecule has 2 aromatic carbocycles. The summed E-state index contributed by atoms with van der Waals surface area (Å²) in [6.45, 7) is 3.68. The number of hydrogen-bond donors (Lipinski definition) is 0. The molecule has 0 heterocycles. The van der Waals surface area contributed by atoms with Crippen molar-refractivity contribution in [2.24, 2.45) is 0 Å². The van der Waals surface area contributed by atoms with Gasteiger partial charge in [0.2, 0.25) is 0 Å². The first kappa shape index (κ1) is 17.2. The molecule has 0 saturated carbocycles. The summed E-state index contributed by atoms with van der Waals surface area (Å²) >= 11 is 6.06. The highest BCUT2D eigenvalue weighted by Crippen LogP contribution is 2.33. The number of hydrogen-bond acceptors (Lipinski definition) is 4. The minimum Gasteiger partial charge on any atom is -0.265 e. The number of non-ortho nitro benzene ring substituents is 1. The summed E-state index contributed by atoms with van der Waals surface area (Å²) in [5, 5.41) is 10.8. The second kappa shape index (κ2) is 6.55. The van der Waals surface area contributed by atoms with Gasteiger partial charge in [0, 0.05) is 18.7 Å². The zero-order chi connectivity index (χ0) is 17.2. The third-order valence-electron chi connectivity index (χ3n) is 3.31. The normalized spacial score (nSPS) is 11.3. The molecule has 0 N–H and O–H groups in total. The van der Waals surface area contributed by atoms with E-state index in [2.05, 4.69) is 0 Å². The van der Waals surface area contributed by atoms with E-state index in [1.54, 1.807) is 19.1 Å². The smallest absolute Gasteiger partial charge is 0.265 e. The number of halogens is 1. The van der Waals surface area contributed by atoms with Gasteiger partial charge in [-0.1, -0.05) is 29.3 Å². The molecule has 0 bridgehead atoms. The van der Waals surface area contributed by atoms with Crippen LogP contribution in [0.1, 0.15) is 12.5 Å². The first-order chi connectivity index (χ1) is 10.8. The van der Waals surface area contributed by atoms with Crippen molar-refractivity contribution < 1.29 is 13.3 Å². The van der Waals surface area contributed by atoms with Gasteiger partial charge in [-0.3, -0.25) is 14.4 Å². The molecular weight excluding hydrogens is 340 g/mol. The van der Waals surface area contributed by atoms with Crippen molar-refractivity contribution >= 4 is 33.0 Å². The molecule has 0 radical (unpaired) electrons. The Morgan fingerprint density at radius 2 is 1.78 bits per heavy atom. The van der Waals surface area contributed by atoms with Crippen LogP contribution in [0.2, 0.25) is 5.02 Å². The molecule has 0 amide bonds. The zero-order valence-electron chi connectivity index (χ0n) is 12.6. The van der Waals surface area contributed by atoms with Crippen molar-refractivity contribution in [2.45, 2.75) is 18.7 Å². The molecule has 0 spiro atoms. The highest BCUT2D eigenvalue weighted by atomic mass is 35.5. The van der Waals surface area contributed by atoms with Crippen molar-refractivity contribution in [3.8, 4) is 0 Å². The summed E-state index contributed by atoms with van der Waals surface area (Å²) in [5.74, 6) is 0. The molecule has 0 aliphatic rings. The Kier molecular flexibility index (Phi) is 4.91. The van der Waals surface area contributed by atoms with E-state index in [1.807, 2.05) is 6.92 Å². The van der Waals surface area contributed by atoms with E-state index in [0.29, 0.717) is 0 Å². The lowest BCUT2D eigenvalue weighted by molar-refractivity contribution is -0.384. The molecule has 8 heteroatoms. The molecule has 23 heavy (non-hydrogen) atoms. The Hall–Kier alpha value is -2.12. The van der Waals surface area contributed by atoms with E-state index in [4.69, 9.17) is 11.6 Å². The Bertz CT molecular complexity index is 835. The van der Waals surface area contributed by atoms with Crippen LogP contribution in [-0.2, 0) is 10.0 Å². The maximum absolute atomic E-state index is 12.8. The summed E-state index contributed by atoms with van der Waals surface area (Å²) < 4.78 is 26.7. The molecule has 122 valence electrons. The largest absolute Gasteiger partial charge is 0.271 e. The second-order valence-electron chi connectivity index (χ2n) is 4.88. The summed E-state index contributed by atoms with van der Waals surface area (Å²) in [6, 6.07) is 10.2. The summed E-state index contributed by atoms with van der Waals surface area (Å²) in [7, 11) is -3.80. The SMILES string of the molecule is CCN(c1ccc([N+](=O)[O-])cc1Cl)S(=O)(=O)c1ccc(C)cc1. The molecule has 0 fully saturated rings. The third kappa shape index (κ3) is 3.46.